The van der Waals surface area contributed by atoms with Crippen LogP contribution in [-0.4, -0.2) is 21.9 Å². The van der Waals surface area contributed by atoms with Crippen LogP contribution in [0, 0.1) is 0 Å². The van der Waals surface area contributed by atoms with E-state index in [1.807, 2.05) is 13.0 Å². The van der Waals surface area contributed by atoms with E-state index >= 15 is 0 Å². The molecule has 0 saturated heterocycles. The van der Waals surface area contributed by atoms with E-state index in [0.29, 0.717) is 24.7 Å². The summed E-state index contributed by atoms with van der Waals surface area (Å²) in [5.41, 5.74) is 0.454. The third kappa shape index (κ3) is 3.42. The lowest BCUT2D eigenvalue weighted by atomic mass is 9.96. The van der Waals surface area contributed by atoms with Crippen LogP contribution in [0.4, 0.5) is 0 Å². The minimum atomic E-state index is -0.477. The molecule has 0 aliphatic heterocycles. The average molecular weight is 290 g/mol. The van der Waals surface area contributed by atoms with Gasteiger partial charge in [-0.3, -0.25) is 0 Å². The highest BCUT2D eigenvalue weighted by Crippen LogP contribution is 2.31. The van der Waals surface area contributed by atoms with Crippen molar-refractivity contribution in [1.82, 2.24) is 10.1 Å². The molecule has 5 nitrogen and oxygen atoms in total. The van der Waals surface area contributed by atoms with Crippen molar-refractivity contribution in [1.29, 1.82) is 0 Å². The van der Waals surface area contributed by atoms with Gasteiger partial charge in [-0.15, -0.1) is 0 Å². The molecule has 0 spiro atoms. The van der Waals surface area contributed by atoms with Crippen molar-refractivity contribution in [2.75, 3.05) is 6.61 Å². The molecule has 21 heavy (non-hydrogen) atoms. The second-order valence-corrected chi connectivity index (χ2v) is 4.99. The monoisotopic (exact) mass is 290 g/mol. The van der Waals surface area contributed by atoms with Gasteiger partial charge in [0, 0.05) is 6.61 Å². The number of aromatic hydroxyl groups is 1. The molecule has 1 N–H and O–H groups in total. The molecule has 2 aromatic rings. The molecule has 0 aliphatic carbocycles. The Morgan fingerprint density at radius 2 is 2.00 bits per heavy atom. The molecule has 114 valence electrons. The summed E-state index contributed by atoms with van der Waals surface area (Å²) in [6.07, 6.45) is 2.09. The molecule has 1 aromatic heterocycles. The number of nitrogens with zero attached hydrogens (tertiary/aromatic N) is 2. The molecule has 0 atom stereocenters. The summed E-state index contributed by atoms with van der Waals surface area (Å²) in [6, 6.07) is 7.04. The van der Waals surface area contributed by atoms with E-state index in [1.54, 1.807) is 18.2 Å². The van der Waals surface area contributed by atoms with E-state index in [9.17, 15) is 5.11 Å². The van der Waals surface area contributed by atoms with Crippen LogP contribution in [-0.2, 0) is 16.8 Å². The van der Waals surface area contributed by atoms with Gasteiger partial charge in [0.2, 0.25) is 11.7 Å². The fraction of sp³-hybridized carbons (Fsp3) is 0.500. The maximum absolute atomic E-state index is 9.48. The molecule has 2 rings (SSSR count). The largest absolute Gasteiger partial charge is 0.508 e. The van der Waals surface area contributed by atoms with Crippen molar-refractivity contribution in [2.45, 2.75) is 45.6 Å². The van der Waals surface area contributed by atoms with Gasteiger partial charge >= 0.3 is 0 Å². The van der Waals surface area contributed by atoms with Crippen molar-refractivity contribution in [2.24, 2.45) is 0 Å². The second kappa shape index (κ2) is 6.72. The lowest BCUT2D eigenvalue weighted by Gasteiger charge is -2.27. The van der Waals surface area contributed by atoms with Crippen molar-refractivity contribution < 1.29 is 14.4 Å². The zero-order valence-electron chi connectivity index (χ0n) is 12.8. The molecule has 1 heterocycles. The smallest absolute Gasteiger partial charge is 0.231 e. The summed E-state index contributed by atoms with van der Waals surface area (Å²) in [6.45, 7) is 6.70. The van der Waals surface area contributed by atoms with Crippen LogP contribution in [0.3, 0.4) is 0 Å². The number of hydrogen-bond donors (Lipinski definition) is 1. The van der Waals surface area contributed by atoms with E-state index in [0.717, 1.165) is 18.4 Å². The van der Waals surface area contributed by atoms with E-state index < -0.39 is 5.60 Å². The molecule has 0 fully saturated rings. The fourth-order valence-electron chi connectivity index (χ4n) is 2.46. The van der Waals surface area contributed by atoms with Gasteiger partial charge in [-0.2, -0.15) is 4.98 Å². The molecule has 0 amide bonds. The highest BCUT2D eigenvalue weighted by atomic mass is 16.5. The number of phenols is 1. The van der Waals surface area contributed by atoms with Gasteiger partial charge in [-0.05, 0) is 37.5 Å². The minimum absolute atomic E-state index is 0.234. The summed E-state index contributed by atoms with van der Waals surface area (Å²) in [7, 11) is 0. The third-order valence-electron chi connectivity index (χ3n) is 3.70. The van der Waals surface area contributed by atoms with Crippen LogP contribution in [0.25, 0.3) is 0 Å². The lowest BCUT2D eigenvalue weighted by Crippen LogP contribution is -2.29. The second-order valence-electron chi connectivity index (χ2n) is 4.99. The van der Waals surface area contributed by atoms with Crippen LogP contribution in [0.2, 0.25) is 0 Å². The van der Waals surface area contributed by atoms with Crippen LogP contribution < -0.4 is 0 Å². The number of rotatable bonds is 7. The van der Waals surface area contributed by atoms with Gasteiger partial charge < -0.3 is 14.4 Å². The molecular weight excluding hydrogens is 268 g/mol. The molecule has 0 aliphatic rings. The zero-order chi connectivity index (χ0) is 15.3. The Bertz CT molecular complexity index is 576. The standard InChI is InChI=1S/C16H22N2O3/c1-4-16(5-2,20-6-3)15-17-14(21-18-15)11-12-8-7-9-13(19)10-12/h7-10,19H,4-6,11H2,1-3H3. The van der Waals surface area contributed by atoms with E-state index in [-0.39, 0.29) is 5.75 Å². The van der Waals surface area contributed by atoms with Crippen LogP contribution in [0.1, 0.15) is 50.9 Å². The molecule has 0 saturated carbocycles. The Morgan fingerprint density at radius 3 is 2.62 bits per heavy atom. The van der Waals surface area contributed by atoms with Crippen LogP contribution in [0.5, 0.6) is 5.75 Å². The quantitative estimate of drug-likeness (QED) is 0.846. The van der Waals surface area contributed by atoms with Gasteiger partial charge in [0.1, 0.15) is 11.4 Å². The van der Waals surface area contributed by atoms with Gasteiger partial charge in [-0.25, -0.2) is 0 Å². The summed E-state index contributed by atoms with van der Waals surface area (Å²) in [5.74, 6) is 1.36. The molecule has 0 bridgehead atoms. The summed E-state index contributed by atoms with van der Waals surface area (Å²) in [4.78, 5) is 4.48. The van der Waals surface area contributed by atoms with Crippen LogP contribution >= 0.6 is 0 Å². The average Bonchev–Trinajstić information content (AvgIpc) is 2.94. The number of phenolic OH excluding ortho intramolecular Hbond substituents is 1. The van der Waals surface area contributed by atoms with Gasteiger partial charge in [0.25, 0.3) is 0 Å². The normalized spacial score (nSPS) is 11.8. The molecule has 0 unspecified atom stereocenters. The third-order valence-corrected chi connectivity index (χ3v) is 3.70. The van der Waals surface area contributed by atoms with Crippen LogP contribution in [0.15, 0.2) is 28.8 Å². The van der Waals surface area contributed by atoms with Crippen molar-refractivity contribution >= 4 is 0 Å². The van der Waals surface area contributed by atoms with E-state index in [1.165, 1.54) is 0 Å². The van der Waals surface area contributed by atoms with Crippen molar-refractivity contribution in [3.63, 3.8) is 0 Å². The first-order valence-electron chi connectivity index (χ1n) is 7.38. The predicted octanol–water partition coefficient (Wildman–Crippen LogP) is 3.42. The first-order chi connectivity index (χ1) is 10.1. The number of benzene rings is 1. The molecule has 0 radical (unpaired) electrons. The van der Waals surface area contributed by atoms with Crippen molar-refractivity contribution in [3.8, 4) is 5.75 Å². The van der Waals surface area contributed by atoms with Gasteiger partial charge in [0.05, 0.1) is 6.42 Å². The Balaban J connectivity index is 2.20. The molecular formula is C16H22N2O3. The zero-order valence-corrected chi connectivity index (χ0v) is 12.8. The topological polar surface area (TPSA) is 68.4 Å². The van der Waals surface area contributed by atoms with E-state index in [2.05, 4.69) is 24.0 Å². The Labute approximate surface area is 125 Å². The predicted molar refractivity (Wildman–Crippen MR) is 79.1 cm³/mol. The molecule has 5 heteroatoms. The maximum atomic E-state index is 9.48. The molecule has 1 aromatic carbocycles. The fourth-order valence-corrected chi connectivity index (χ4v) is 2.46. The maximum Gasteiger partial charge on any atom is 0.231 e. The SMILES string of the molecule is CCOC(CC)(CC)c1noc(Cc2cccc(O)c2)n1. The number of hydrogen-bond acceptors (Lipinski definition) is 5. The lowest BCUT2D eigenvalue weighted by molar-refractivity contribution is -0.0583. The Morgan fingerprint density at radius 1 is 1.24 bits per heavy atom. The highest BCUT2D eigenvalue weighted by molar-refractivity contribution is 5.28. The van der Waals surface area contributed by atoms with Gasteiger partial charge in [0.15, 0.2) is 0 Å². The highest BCUT2D eigenvalue weighted by Gasteiger charge is 2.34. The number of aromatic nitrogens is 2. The number of ether oxygens (including phenoxy) is 1. The first-order valence-corrected chi connectivity index (χ1v) is 7.38. The van der Waals surface area contributed by atoms with E-state index in [4.69, 9.17) is 9.26 Å². The minimum Gasteiger partial charge on any atom is -0.508 e. The Hall–Kier alpha value is -1.88. The summed E-state index contributed by atoms with van der Waals surface area (Å²) in [5, 5.41) is 13.6. The summed E-state index contributed by atoms with van der Waals surface area (Å²) < 4.78 is 11.2. The van der Waals surface area contributed by atoms with Gasteiger partial charge in [-0.1, -0.05) is 31.1 Å². The Kier molecular flexibility index (Phi) is 4.96. The first kappa shape index (κ1) is 15.5. The van der Waals surface area contributed by atoms with Crippen molar-refractivity contribution in [3.05, 3.63) is 41.5 Å². The summed E-state index contributed by atoms with van der Waals surface area (Å²) >= 11 is 0.